The number of H-pyrrole nitrogens is 1. The molecule has 0 aromatic carbocycles. The highest BCUT2D eigenvalue weighted by atomic mass is 15.2. The molecule has 0 aliphatic carbocycles. The number of aromatic amines is 1. The first-order valence-electron chi connectivity index (χ1n) is 5.71. The van der Waals surface area contributed by atoms with Gasteiger partial charge in [0, 0.05) is 43.5 Å². The molecule has 2 N–H and O–H groups in total. The highest BCUT2D eigenvalue weighted by Crippen LogP contribution is 2.13. The van der Waals surface area contributed by atoms with Crippen molar-refractivity contribution in [3.05, 3.63) is 18.2 Å². The largest absolute Gasteiger partial charge is 0.348 e. The Kier molecular flexibility index (Phi) is 3.38. The van der Waals surface area contributed by atoms with Gasteiger partial charge < -0.3 is 10.3 Å². The molecule has 0 spiro atoms. The second-order valence-electron chi connectivity index (χ2n) is 4.32. The van der Waals surface area contributed by atoms with Gasteiger partial charge in [-0.3, -0.25) is 4.90 Å². The van der Waals surface area contributed by atoms with E-state index in [0.29, 0.717) is 12.1 Å². The molecule has 2 atom stereocenters. The van der Waals surface area contributed by atoms with Gasteiger partial charge in [-0.25, -0.2) is 4.98 Å². The summed E-state index contributed by atoms with van der Waals surface area (Å²) in [5.74, 6) is 0. The van der Waals surface area contributed by atoms with E-state index in [0.717, 1.165) is 19.5 Å². The molecule has 1 aliphatic rings. The smallest absolute Gasteiger partial charge is 0.0921 e. The van der Waals surface area contributed by atoms with E-state index in [1.54, 1.807) is 6.33 Å². The van der Waals surface area contributed by atoms with E-state index >= 15 is 0 Å². The van der Waals surface area contributed by atoms with Crippen LogP contribution in [0.3, 0.4) is 0 Å². The molecule has 15 heavy (non-hydrogen) atoms. The van der Waals surface area contributed by atoms with Gasteiger partial charge in [-0.2, -0.15) is 0 Å². The fraction of sp³-hybridized carbons (Fsp3) is 0.727. The van der Waals surface area contributed by atoms with Crippen LogP contribution < -0.4 is 5.32 Å². The summed E-state index contributed by atoms with van der Waals surface area (Å²) in [6, 6.07) is 1.26. The van der Waals surface area contributed by atoms with Crippen LogP contribution in [-0.2, 0) is 6.42 Å². The van der Waals surface area contributed by atoms with Gasteiger partial charge in [-0.15, -0.1) is 0 Å². The van der Waals surface area contributed by atoms with Crippen molar-refractivity contribution >= 4 is 0 Å². The zero-order chi connectivity index (χ0) is 10.7. The van der Waals surface area contributed by atoms with Gasteiger partial charge >= 0.3 is 0 Å². The second kappa shape index (κ2) is 4.77. The van der Waals surface area contributed by atoms with Crippen LogP contribution in [0.5, 0.6) is 0 Å². The van der Waals surface area contributed by atoms with E-state index in [1.807, 2.05) is 6.20 Å². The van der Waals surface area contributed by atoms with Crippen LogP contribution in [0.15, 0.2) is 12.5 Å². The Morgan fingerprint density at radius 1 is 1.47 bits per heavy atom. The molecule has 1 aliphatic heterocycles. The highest BCUT2D eigenvalue weighted by Gasteiger charge is 2.26. The third-order valence-corrected chi connectivity index (χ3v) is 3.39. The Hall–Kier alpha value is -0.870. The van der Waals surface area contributed by atoms with Crippen molar-refractivity contribution in [2.45, 2.75) is 31.8 Å². The quantitative estimate of drug-likeness (QED) is 0.766. The van der Waals surface area contributed by atoms with Crippen LogP contribution in [0.4, 0.5) is 0 Å². The first-order chi connectivity index (χ1) is 7.31. The van der Waals surface area contributed by atoms with Crippen LogP contribution in [-0.4, -0.2) is 47.1 Å². The van der Waals surface area contributed by atoms with Gasteiger partial charge in [-0.1, -0.05) is 6.92 Å². The van der Waals surface area contributed by atoms with Crippen molar-refractivity contribution in [2.75, 3.05) is 20.1 Å². The van der Waals surface area contributed by atoms with Crippen molar-refractivity contribution in [3.8, 4) is 0 Å². The number of hydrogen-bond donors (Lipinski definition) is 2. The van der Waals surface area contributed by atoms with Gasteiger partial charge in [0.25, 0.3) is 0 Å². The number of piperazine rings is 1. The van der Waals surface area contributed by atoms with Gasteiger partial charge in [0.15, 0.2) is 0 Å². The summed E-state index contributed by atoms with van der Waals surface area (Å²) in [6.45, 7) is 4.44. The predicted molar refractivity (Wildman–Crippen MR) is 60.8 cm³/mol. The molecule has 0 saturated carbocycles. The van der Waals surface area contributed by atoms with E-state index < -0.39 is 0 Å². The monoisotopic (exact) mass is 208 g/mol. The average Bonchev–Trinajstić information content (AvgIpc) is 2.74. The first kappa shape index (κ1) is 10.6. The first-order valence-corrected chi connectivity index (χ1v) is 5.71. The zero-order valence-corrected chi connectivity index (χ0v) is 9.53. The molecule has 1 saturated heterocycles. The Balaban J connectivity index is 1.96. The van der Waals surface area contributed by atoms with Crippen molar-refractivity contribution in [1.82, 2.24) is 20.2 Å². The number of aromatic nitrogens is 2. The molecule has 2 rings (SSSR count). The van der Waals surface area contributed by atoms with Gasteiger partial charge in [0.1, 0.15) is 0 Å². The molecule has 4 heteroatoms. The predicted octanol–water partition coefficient (Wildman–Crippen LogP) is 0.634. The fourth-order valence-electron chi connectivity index (χ4n) is 2.30. The normalized spacial score (nSPS) is 28.1. The minimum atomic E-state index is 0.587. The third-order valence-electron chi connectivity index (χ3n) is 3.39. The van der Waals surface area contributed by atoms with Crippen molar-refractivity contribution in [2.24, 2.45) is 0 Å². The topological polar surface area (TPSA) is 44.0 Å². The zero-order valence-electron chi connectivity index (χ0n) is 9.53. The number of hydrogen-bond acceptors (Lipinski definition) is 3. The Bertz CT molecular complexity index is 283. The summed E-state index contributed by atoms with van der Waals surface area (Å²) in [6.07, 6.45) is 5.94. The Labute approximate surface area is 91.1 Å². The summed E-state index contributed by atoms with van der Waals surface area (Å²) < 4.78 is 0. The molecule has 1 aromatic rings. The Morgan fingerprint density at radius 3 is 2.93 bits per heavy atom. The summed E-state index contributed by atoms with van der Waals surface area (Å²) >= 11 is 0. The molecular formula is C11H20N4. The standard InChI is InChI=1S/C11H20N4/c1-3-10-6-12-7-11(15(10)2)4-9-5-13-8-14-9/h5,8,10-12H,3-4,6-7H2,1-2H3,(H,13,14)/t10?,11-/m0/s1. The highest BCUT2D eigenvalue weighted by molar-refractivity contribution is 5.00. The maximum Gasteiger partial charge on any atom is 0.0921 e. The third kappa shape index (κ3) is 2.38. The molecule has 4 nitrogen and oxygen atoms in total. The van der Waals surface area contributed by atoms with Crippen LogP contribution in [0.1, 0.15) is 19.0 Å². The SMILES string of the molecule is CCC1CNC[C@H](Cc2cnc[nH]2)N1C. The number of nitrogens with one attached hydrogen (secondary N) is 2. The van der Waals surface area contributed by atoms with Gasteiger partial charge in [0.05, 0.1) is 6.33 Å². The minimum absolute atomic E-state index is 0.587. The molecule has 0 radical (unpaired) electrons. The lowest BCUT2D eigenvalue weighted by Crippen LogP contribution is -2.56. The van der Waals surface area contributed by atoms with Crippen molar-refractivity contribution in [1.29, 1.82) is 0 Å². The average molecular weight is 208 g/mol. The Morgan fingerprint density at radius 2 is 2.27 bits per heavy atom. The van der Waals surface area contributed by atoms with Crippen LogP contribution in [0, 0.1) is 0 Å². The van der Waals surface area contributed by atoms with Gasteiger partial charge in [0.2, 0.25) is 0 Å². The molecule has 1 aromatic heterocycles. The van der Waals surface area contributed by atoms with Crippen molar-refractivity contribution < 1.29 is 0 Å². The van der Waals surface area contributed by atoms with E-state index in [2.05, 4.69) is 34.2 Å². The maximum atomic E-state index is 4.06. The van der Waals surface area contributed by atoms with E-state index in [1.165, 1.54) is 12.1 Å². The summed E-state index contributed by atoms with van der Waals surface area (Å²) in [4.78, 5) is 9.73. The molecule has 2 heterocycles. The fourth-order valence-corrected chi connectivity index (χ4v) is 2.30. The molecule has 1 unspecified atom stereocenters. The lowest BCUT2D eigenvalue weighted by Gasteiger charge is -2.39. The summed E-state index contributed by atoms with van der Waals surface area (Å²) in [7, 11) is 2.23. The van der Waals surface area contributed by atoms with Crippen LogP contribution in [0.2, 0.25) is 0 Å². The van der Waals surface area contributed by atoms with Gasteiger partial charge in [-0.05, 0) is 13.5 Å². The number of nitrogens with zero attached hydrogens (tertiary/aromatic N) is 2. The van der Waals surface area contributed by atoms with E-state index in [4.69, 9.17) is 0 Å². The van der Waals surface area contributed by atoms with E-state index in [9.17, 15) is 0 Å². The van der Waals surface area contributed by atoms with Crippen LogP contribution >= 0.6 is 0 Å². The lowest BCUT2D eigenvalue weighted by atomic mass is 10.0. The summed E-state index contributed by atoms with van der Waals surface area (Å²) in [5.41, 5.74) is 1.23. The maximum absolute atomic E-state index is 4.06. The number of likely N-dealkylation sites (N-methyl/N-ethyl adjacent to an activating group) is 1. The molecule has 0 amide bonds. The minimum Gasteiger partial charge on any atom is -0.348 e. The number of imidazole rings is 1. The molecule has 1 fully saturated rings. The second-order valence-corrected chi connectivity index (χ2v) is 4.32. The molecule has 84 valence electrons. The lowest BCUT2D eigenvalue weighted by molar-refractivity contribution is 0.125. The van der Waals surface area contributed by atoms with E-state index in [-0.39, 0.29) is 0 Å². The van der Waals surface area contributed by atoms with Crippen molar-refractivity contribution in [3.63, 3.8) is 0 Å². The van der Waals surface area contributed by atoms with Crippen LogP contribution in [0.25, 0.3) is 0 Å². The number of rotatable bonds is 3. The molecule has 0 bridgehead atoms. The molecular weight excluding hydrogens is 188 g/mol. The summed E-state index contributed by atoms with van der Waals surface area (Å²) in [5, 5.41) is 3.50.